The van der Waals surface area contributed by atoms with E-state index in [0.29, 0.717) is 18.7 Å². The summed E-state index contributed by atoms with van der Waals surface area (Å²) in [5.74, 6) is 0.284. The highest BCUT2D eigenvalue weighted by molar-refractivity contribution is 5.88. The SMILES string of the molecule is Cc1ccccc1CN(C(=O)COc1cccc(C)c1C)[C@H](Cc1ccccc1)C(=O)NC(C)C. The molecule has 3 aromatic carbocycles. The van der Waals surface area contributed by atoms with Crippen molar-refractivity contribution in [2.24, 2.45) is 0 Å². The molecule has 0 aliphatic rings. The van der Waals surface area contributed by atoms with Crippen LogP contribution in [0.3, 0.4) is 0 Å². The van der Waals surface area contributed by atoms with E-state index in [-0.39, 0.29) is 24.5 Å². The van der Waals surface area contributed by atoms with Crippen LogP contribution in [0.2, 0.25) is 0 Å². The van der Waals surface area contributed by atoms with Crippen molar-refractivity contribution < 1.29 is 14.3 Å². The molecule has 1 atom stereocenters. The summed E-state index contributed by atoms with van der Waals surface area (Å²) in [6.07, 6.45) is 0.417. The van der Waals surface area contributed by atoms with Gasteiger partial charge < -0.3 is 15.0 Å². The Morgan fingerprint density at radius 3 is 2.20 bits per heavy atom. The average molecular weight is 473 g/mol. The summed E-state index contributed by atoms with van der Waals surface area (Å²) in [6.45, 7) is 10.0. The first kappa shape index (κ1) is 26.0. The number of nitrogens with one attached hydrogen (secondary N) is 1. The van der Waals surface area contributed by atoms with Crippen LogP contribution in [0.25, 0.3) is 0 Å². The Labute approximate surface area is 209 Å². The topological polar surface area (TPSA) is 58.6 Å². The van der Waals surface area contributed by atoms with Crippen molar-refractivity contribution in [2.75, 3.05) is 6.61 Å². The Balaban J connectivity index is 1.94. The Kier molecular flexibility index (Phi) is 9.07. The smallest absolute Gasteiger partial charge is 0.261 e. The molecule has 35 heavy (non-hydrogen) atoms. The van der Waals surface area contributed by atoms with Gasteiger partial charge in [-0.2, -0.15) is 0 Å². The fraction of sp³-hybridized carbons (Fsp3) is 0.333. The second kappa shape index (κ2) is 12.2. The number of benzene rings is 3. The average Bonchev–Trinajstić information content (AvgIpc) is 2.83. The standard InChI is InChI=1S/C30H36N2O3/c1-21(2)31-30(34)27(18-25-14-7-6-8-15-25)32(19-26-16-10-9-12-23(26)4)29(33)20-35-28-17-11-13-22(3)24(28)5/h6-17,21,27H,18-20H2,1-5H3,(H,31,34)/t27-/m1/s1. The molecule has 5 nitrogen and oxygen atoms in total. The van der Waals surface area contributed by atoms with E-state index in [0.717, 1.165) is 27.8 Å². The number of hydrogen-bond acceptors (Lipinski definition) is 3. The number of nitrogens with zero attached hydrogens (tertiary/aromatic N) is 1. The summed E-state index contributed by atoms with van der Waals surface area (Å²) >= 11 is 0. The van der Waals surface area contributed by atoms with Crippen LogP contribution in [0.5, 0.6) is 5.75 Å². The lowest BCUT2D eigenvalue weighted by Gasteiger charge is -2.32. The highest BCUT2D eigenvalue weighted by Crippen LogP contribution is 2.22. The van der Waals surface area contributed by atoms with Gasteiger partial charge >= 0.3 is 0 Å². The van der Waals surface area contributed by atoms with Crippen molar-refractivity contribution in [3.05, 3.63) is 101 Å². The van der Waals surface area contributed by atoms with Crippen LogP contribution in [-0.2, 0) is 22.6 Å². The molecule has 0 unspecified atom stereocenters. The Bertz CT molecular complexity index is 1140. The molecule has 1 N–H and O–H groups in total. The summed E-state index contributed by atoms with van der Waals surface area (Å²) in [7, 11) is 0. The number of carbonyl (C=O) groups excluding carboxylic acids is 2. The molecule has 3 rings (SSSR count). The summed E-state index contributed by atoms with van der Waals surface area (Å²) in [4.78, 5) is 28.7. The van der Waals surface area contributed by atoms with Crippen LogP contribution in [0.15, 0.2) is 72.8 Å². The lowest BCUT2D eigenvalue weighted by Crippen LogP contribution is -2.53. The highest BCUT2D eigenvalue weighted by atomic mass is 16.5. The van der Waals surface area contributed by atoms with E-state index in [1.807, 2.05) is 107 Å². The van der Waals surface area contributed by atoms with Gasteiger partial charge in [0.25, 0.3) is 5.91 Å². The number of hydrogen-bond donors (Lipinski definition) is 1. The lowest BCUT2D eigenvalue weighted by atomic mass is 10.0. The second-order valence-electron chi connectivity index (χ2n) is 9.30. The van der Waals surface area contributed by atoms with E-state index >= 15 is 0 Å². The van der Waals surface area contributed by atoms with Crippen LogP contribution in [0, 0.1) is 20.8 Å². The van der Waals surface area contributed by atoms with Gasteiger partial charge in [-0.05, 0) is 68.5 Å². The van der Waals surface area contributed by atoms with Crippen molar-refractivity contribution in [3.63, 3.8) is 0 Å². The largest absolute Gasteiger partial charge is 0.483 e. The van der Waals surface area contributed by atoms with Crippen LogP contribution < -0.4 is 10.1 Å². The van der Waals surface area contributed by atoms with Crippen molar-refractivity contribution in [2.45, 2.75) is 59.7 Å². The van der Waals surface area contributed by atoms with Crippen molar-refractivity contribution >= 4 is 11.8 Å². The van der Waals surface area contributed by atoms with Crippen molar-refractivity contribution in [1.82, 2.24) is 10.2 Å². The lowest BCUT2D eigenvalue weighted by molar-refractivity contribution is -0.143. The van der Waals surface area contributed by atoms with Crippen molar-refractivity contribution in [1.29, 1.82) is 0 Å². The third kappa shape index (κ3) is 7.19. The van der Waals surface area contributed by atoms with Gasteiger partial charge in [-0.3, -0.25) is 9.59 Å². The predicted octanol–water partition coefficient (Wildman–Crippen LogP) is 5.16. The minimum absolute atomic E-state index is 0.0395. The number of rotatable bonds is 10. The first-order chi connectivity index (χ1) is 16.8. The van der Waals surface area contributed by atoms with Gasteiger partial charge in [-0.25, -0.2) is 0 Å². The normalized spacial score (nSPS) is 11.7. The summed E-state index contributed by atoms with van der Waals surface area (Å²) in [5, 5.41) is 3.02. The van der Waals surface area contributed by atoms with Gasteiger partial charge in [0, 0.05) is 19.0 Å². The van der Waals surface area contributed by atoms with Crippen LogP contribution >= 0.6 is 0 Å². The fourth-order valence-corrected chi connectivity index (χ4v) is 4.01. The maximum Gasteiger partial charge on any atom is 0.261 e. The predicted molar refractivity (Wildman–Crippen MR) is 140 cm³/mol. The van der Waals surface area contributed by atoms with E-state index in [9.17, 15) is 9.59 Å². The zero-order chi connectivity index (χ0) is 25.4. The highest BCUT2D eigenvalue weighted by Gasteiger charge is 2.31. The Hall–Kier alpha value is -3.60. The summed E-state index contributed by atoms with van der Waals surface area (Å²) < 4.78 is 5.97. The van der Waals surface area contributed by atoms with E-state index in [1.54, 1.807) is 4.90 Å². The molecule has 0 aliphatic carbocycles. The third-order valence-corrected chi connectivity index (χ3v) is 6.21. The second-order valence-corrected chi connectivity index (χ2v) is 9.30. The quantitative estimate of drug-likeness (QED) is 0.444. The van der Waals surface area contributed by atoms with Crippen LogP contribution in [-0.4, -0.2) is 35.4 Å². The molecule has 0 saturated carbocycles. The molecule has 0 heterocycles. The molecule has 0 bridgehead atoms. The van der Waals surface area contributed by atoms with E-state index in [2.05, 4.69) is 5.32 Å². The minimum Gasteiger partial charge on any atom is -0.483 e. The summed E-state index contributed by atoms with van der Waals surface area (Å²) in [5.41, 5.74) is 5.18. The van der Waals surface area contributed by atoms with E-state index < -0.39 is 6.04 Å². The van der Waals surface area contributed by atoms with E-state index in [1.165, 1.54) is 0 Å². The molecule has 184 valence electrons. The Morgan fingerprint density at radius 1 is 0.857 bits per heavy atom. The Morgan fingerprint density at radius 2 is 1.51 bits per heavy atom. The number of carbonyl (C=O) groups is 2. The van der Waals surface area contributed by atoms with Gasteiger partial charge in [0.05, 0.1) is 0 Å². The molecule has 0 spiro atoms. The van der Waals surface area contributed by atoms with E-state index in [4.69, 9.17) is 4.74 Å². The molecule has 3 aromatic rings. The zero-order valence-electron chi connectivity index (χ0n) is 21.4. The maximum absolute atomic E-state index is 13.7. The number of ether oxygens (including phenoxy) is 1. The van der Waals surface area contributed by atoms with Gasteiger partial charge in [0.15, 0.2) is 6.61 Å². The van der Waals surface area contributed by atoms with Crippen LogP contribution in [0.1, 0.15) is 41.7 Å². The summed E-state index contributed by atoms with van der Waals surface area (Å²) in [6, 6.07) is 22.9. The van der Waals surface area contributed by atoms with Crippen LogP contribution in [0.4, 0.5) is 0 Å². The number of aryl methyl sites for hydroxylation is 2. The van der Waals surface area contributed by atoms with Crippen molar-refractivity contribution in [3.8, 4) is 5.75 Å². The molecular weight excluding hydrogens is 436 g/mol. The molecule has 0 aromatic heterocycles. The fourth-order valence-electron chi connectivity index (χ4n) is 4.01. The molecule has 0 saturated heterocycles. The molecule has 2 amide bonds. The monoisotopic (exact) mass is 472 g/mol. The first-order valence-corrected chi connectivity index (χ1v) is 12.1. The molecule has 0 aliphatic heterocycles. The molecule has 5 heteroatoms. The van der Waals surface area contributed by atoms with Gasteiger partial charge in [-0.1, -0.05) is 66.7 Å². The molecular formula is C30H36N2O3. The van der Waals surface area contributed by atoms with Gasteiger partial charge in [-0.15, -0.1) is 0 Å². The van der Waals surface area contributed by atoms with Gasteiger partial charge in [0.2, 0.25) is 5.91 Å². The maximum atomic E-state index is 13.7. The third-order valence-electron chi connectivity index (χ3n) is 6.21. The van der Waals surface area contributed by atoms with Gasteiger partial charge in [0.1, 0.15) is 11.8 Å². The minimum atomic E-state index is -0.672. The number of amides is 2. The first-order valence-electron chi connectivity index (χ1n) is 12.1. The zero-order valence-corrected chi connectivity index (χ0v) is 21.4. The molecule has 0 radical (unpaired) electrons. The molecule has 0 fully saturated rings.